The van der Waals surface area contributed by atoms with Crippen LogP contribution in [-0.2, 0) is 20.6 Å². The fraction of sp³-hybridized carbons (Fsp3) is 0.429. The lowest BCUT2D eigenvalue weighted by Crippen LogP contribution is -2.45. The van der Waals surface area contributed by atoms with E-state index in [0.717, 1.165) is 0 Å². The zero-order valence-corrected chi connectivity index (χ0v) is 13.1. The van der Waals surface area contributed by atoms with Crippen molar-refractivity contribution in [2.45, 2.75) is 32.1 Å². The first kappa shape index (κ1) is 17.1. The van der Waals surface area contributed by atoms with Gasteiger partial charge in [0.25, 0.3) is 0 Å². The summed E-state index contributed by atoms with van der Waals surface area (Å²) in [6, 6.07) is 8.22. The Morgan fingerprint density at radius 3 is 2.29 bits per heavy atom. The van der Waals surface area contributed by atoms with Gasteiger partial charge < -0.3 is 5.32 Å². The van der Waals surface area contributed by atoms with E-state index in [0.29, 0.717) is 11.1 Å². The molecule has 0 radical (unpaired) electrons. The topological polar surface area (TPSA) is 99.1 Å². The molecule has 0 aliphatic carbocycles. The summed E-state index contributed by atoms with van der Waals surface area (Å²) in [6.45, 7) is 5.15. The lowest BCUT2D eigenvalue weighted by atomic mass is 10.1. The van der Waals surface area contributed by atoms with Crippen molar-refractivity contribution < 1.29 is 13.2 Å². The zero-order valence-electron chi connectivity index (χ0n) is 12.3. The van der Waals surface area contributed by atoms with Crippen LogP contribution in [0.15, 0.2) is 24.3 Å². The van der Waals surface area contributed by atoms with Gasteiger partial charge >= 0.3 is 0 Å². The van der Waals surface area contributed by atoms with Crippen molar-refractivity contribution >= 4 is 15.9 Å². The normalized spacial score (nSPS) is 11.7. The van der Waals surface area contributed by atoms with Gasteiger partial charge in [-0.2, -0.15) is 5.26 Å². The number of hydrogen-bond acceptors (Lipinski definition) is 4. The Hall–Kier alpha value is -1.91. The second-order valence-corrected chi connectivity index (χ2v) is 7.49. The Bertz CT molecular complexity index is 638. The van der Waals surface area contributed by atoms with Gasteiger partial charge in [0.05, 0.1) is 23.9 Å². The maximum absolute atomic E-state index is 11.9. The Balaban J connectivity index is 2.58. The third kappa shape index (κ3) is 6.88. The summed E-state index contributed by atoms with van der Waals surface area (Å²) in [6.07, 6.45) is 0. The van der Waals surface area contributed by atoms with E-state index in [1.807, 2.05) is 26.8 Å². The third-order valence-corrected chi connectivity index (χ3v) is 3.70. The van der Waals surface area contributed by atoms with Crippen molar-refractivity contribution in [2.75, 3.05) is 6.54 Å². The summed E-state index contributed by atoms with van der Waals surface area (Å²) in [5, 5.41) is 11.3. The molecule has 0 aliphatic rings. The first-order chi connectivity index (χ1) is 9.61. The van der Waals surface area contributed by atoms with E-state index in [9.17, 15) is 13.2 Å². The largest absolute Gasteiger partial charge is 0.350 e. The van der Waals surface area contributed by atoms with Crippen LogP contribution in [0.3, 0.4) is 0 Å². The van der Waals surface area contributed by atoms with Gasteiger partial charge in [-0.15, -0.1) is 0 Å². The highest BCUT2D eigenvalue weighted by atomic mass is 32.2. The highest BCUT2D eigenvalue weighted by Crippen LogP contribution is 2.07. The van der Waals surface area contributed by atoms with Gasteiger partial charge in [-0.3, -0.25) is 4.79 Å². The van der Waals surface area contributed by atoms with Crippen molar-refractivity contribution in [2.24, 2.45) is 0 Å². The first-order valence-corrected chi connectivity index (χ1v) is 8.04. The number of hydrogen-bond donors (Lipinski definition) is 2. The molecule has 1 aromatic carbocycles. The molecule has 1 aromatic rings. The minimum absolute atomic E-state index is 0.235. The molecule has 0 saturated carbocycles. The fourth-order valence-electron chi connectivity index (χ4n) is 1.58. The second kappa shape index (κ2) is 6.70. The predicted molar refractivity (Wildman–Crippen MR) is 79.7 cm³/mol. The minimum atomic E-state index is -3.60. The van der Waals surface area contributed by atoms with Crippen LogP contribution < -0.4 is 10.0 Å². The average Bonchev–Trinajstić information content (AvgIpc) is 2.35. The van der Waals surface area contributed by atoms with Gasteiger partial charge in [0.1, 0.15) is 0 Å². The van der Waals surface area contributed by atoms with Crippen LogP contribution in [-0.4, -0.2) is 26.4 Å². The number of nitriles is 1. The van der Waals surface area contributed by atoms with E-state index >= 15 is 0 Å². The van der Waals surface area contributed by atoms with Gasteiger partial charge in [-0.05, 0) is 38.5 Å². The second-order valence-electron chi connectivity index (χ2n) is 5.69. The number of amides is 1. The van der Waals surface area contributed by atoms with E-state index in [-0.39, 0.29) is 18.2 Å². The lowest BCUT2D eigenvalue weighted by Gasteiger charge is -2.20. The summed E-state index contributed by atoms with van der Waals surface area (Å²) in [5.41, 5.74) is 0.613. The van der Waals surface area contributed by atoms with E-state index in [2.05, 4.69) is 10.0 Å². The molecule has 0 saturated heterocycles. The monoisotopic (exact) mass is 309 g/mol. The molecule has 114 valence electrons. The highest BCUT2D eigenvalue weighted by Gasteiger charge is 2.17. The van der Waals surface area contributed by atoms with Crippen molar-refractivity contribution in [3.05, 3.63) is 35.4 Å². The first-order valence-electron chi connectivity index (χ1n) is 6.39. The number of sulfonamides is 1. The zero-order chi connectivity index (χ0) is 16.1. The molecule has 21 heavy (non-hydrogen) atoms. The van der Waals surface area contributed by atoms with Crippen molar-refractivity contribution in [3.8, 4) is 6.07 Å². The SMILES string of the molecule is CC(C)(C)NC(=O)CNS(=O)(=O)Cc1ccc(C#N)cc1. The molecule has 0 fully saturated rings. The molecule has 0 aliphatic heterocycles. The van der Waals surface area contributed by atoms with Gasteiger partial charge in [0.15, 0.2) is 0 Å². The standard InChI is InChI=1S/C14H19N3O3S/c1-14(2,3)17-13(18)9-16-21(19,20)10-12-6-4-11(8-15)5-7-12/h4-7,16H,9-10H2,1-3H3,(H,17,18). The number of benzene rings is 1. The summed E-state index contributed by atoms with van der Waals surface area (Å²) in [4.78, 5) is 11.6. The minimum Gasteiger partial charge on any atom is -0.350 e. The van der Waals surface area contributed by atoms with Crippen LogP contribution >= 0.6 is 0 Å². The number of nitrogens with one attached hydrogen (secondary N) is 2. The Morgan fingerprint density at radius 2 is 1.81 bits per heavy atom. The van der Waals surface area contributed by atoms with Crippen molar-refractivity contribution in [3.63, 3.8) is 0 Å². The van der Waals surface area contributed by atoms with Gasteiger partial charge in [-0.1, -0.05) is 12.1 Å². The number of rotatable bonds is 5. The molecular weight excluding hydrogens is 290 g/mol. The lowest BCUT2D eigenvalue weighted by molar-refractivity contribution is -0.121. The van der Waals surface area contributed by atoms with Gasteiger partial charge in [0, 0.05) is 5.54 Å². The van der Waals surface area contributed by atoms with Crippen LogP contribution in [0.2, 0.25) is 0 Å². The predicted octanol–water partition coefficient (Wildman–Crippen LogP) is 0.892. The van der Waals surface area contributed by atoms with Crippen molar-refractivity contribution in [1.82, 2.24) is 10.0 Å². The summed E-state index contributed by atoms with van der Waals surface area (Å²) >= 11 is 0. The molecule has 7 heteroatoms. The van der Waals surface area contributed by atoms with Crippen LogP contribution in [0.4, 0.5) is 0 Å². The highest BCUT2D eigenvalue weighted by molar-refractivity contribution is 7.88. The molecule has 0 spiro atoms. The van der Waals surface area contributed by atoms with E-state index < -0.39 is 15.6 Å². The molecular formula is C14H19N3O3S. The van der Waals surface area contributed by atoms with Gasteiger partial charge in [0.2, 0.25) is 15.9 Å². The molecule has 0 bridgehead atoms. The van der Waals surface area contributed by atoms with E-state index in [1.54, 1.807) is 24.3 Å². The summed E-state index contributed by atoms with van der Waals surface area (Å²) in [7, 11) is -3.60. The van der Waals surface area contributed by atoms with E-state index in [1.165, 1.54) is 0 Å². The Morgan fingerprint density at radius 1 is 1.24 bits per heavy atom. The number of carbonyl (C=O) groups is 1. The molecule has 0 atom stereocenters. The molecule has 1 amide bonds. The fourth-order valence-corrected chi connectivity index (χ4v) is 2.67. The van der Waals surface area contributed by atoms with Crippen LogP contribution in [0, 0.1) is 11.3 Å². The molecule has 2 N–H and O–H groups in total. The summed E-state index contributed by atoms with van der Waals surface area (Å²) in [5.74, 6) is -0.618. The van der Waals surface area contributed by atoms with Crippen LogP contribution in [0.5, 0.6) is 0 Å². The van der Waals surface area contributed by atoms with Crippen LogP contribution in [0.1, 0.15) is 31.9 Å². The number of carbonyl (C=O) groups excluding carboxylic acids is 1. The van der Waals surface area contributed by atoms with Gasteiger partial charge in [-0.25, -0.2) is 13.1 Å². The molecule has 1 rings (SSSR count). The molecule has 0 unspecified atom stereocenters. The molecule has 0 aromatic heterocycles. The molecule has 0 heterocycles. The smallest absolute Gasteiger partial charge is 0.235 e. The quantitative estimate of drug-likeness (QED) is 0.844. The maximum Gasteiger partial charge on any atom is 0.235 e. The van der Waals surface area contributed by atoms with Crippen LogP contribution in [0.25, 0.3) is 0 Å². The summed E-state index contributed by atoms with van der Waals surface area (Å²) < 4.78 is 26.0. The van der Waals surface area contributed by atoms with E-state index in [4.69, 9.17) is 5.26 Å². The maximum atomic E-state index is 11.9. The third-order valence-electron chi connectivity index (χ3n) is 2.41. The average molecular weight is 309 g/mol. The van der Waals surface area contributed by atoms with Crippen molar-refractivity contribution in [1.29, 1.82) is 5.26 Å². The molecule has 6 nitrogen and oxygen atoms in total. The number of nitrogens with zero attached hydrogens (tertiary/aromatic N) is 1. The Kier molecular flexibility index (Phi) is 5.47. The Labute approximate surface area is 125 Å².